The quantitative estimate of drug-likeness (QED) is 0.664. The van der Waals surface area contributed by atoms with Gasteiger partial charge in [0.1, 0.15) is 0 Å². The van der Waals surface area contributed by atoms with Crippen LogP contribution in [0.15, 0.2) is 36.0 Å². The summed E-state index contributed by atoms with van der Waals surface area (Å²) in [5.41, 5.74) is 6.48. The average molecular weight is 241 g/mol. The number of unbranched alkanes of at least 4 members (excludes halogenated alkanes) is 1. The van der Waals surface area contributed by atoms with Gasteiger partial charge in [-0.1, -0.05) is 43.7 Å². The van der Waals surface area contributed by atoms with Crippen molar-refractivity contribution in [1.82, 2.24) is 0 Å². The first kappa shape index (κ1) is 15.3. The molecule has 92 valence electrons. The molecule has 0 aliphatic rings. The minimum Gasteiger partial charge on any atom is -0.327 e. The van der Waals surface area contributed by atoms with E-state index in [1.165, 1.54) is 0 Å². The van der Waals surface area contributed by atoms with E-state index in [4.69, 9.17) is 5.73 Å². The highest BCUT2D eigenvalue weighted by Crippen LogP contribution is 2.01. The first-order chi connectivity index (χ1) is 7.74. The third-order valence-electron chi connectivity index (χ3n) is 2.04. The second-order valence-electron chi connectivity index (χ2n) is 3.51. The van der Waals surface area contributed by atoms with Gasteiger partial charge in [-0.15, -0.1) is 0 Å². The summed E-state index contributed by atoms with van der Waals surface area (Å²) in [6.45, 7) is 4.62. The molecule has 0 saturated carbocycles. The van der Waals surface area contributed by atoms with Gasteiger partial charge in [-0.25, -0.2) is 0 Å². The summed E-state index contributed by atoms with van der Waals surface area (Å²) in [5.74, 6) is 1.44. The molecule has 0 aliphatic heterocycles. The van der Waals surface area contributed by atoms with E-state index in [0.717, 1.165) is 24.2 Å². The van der Waals surface area contributed by atoms with Crippen molar-refractivity contribution in [2.75, 3.05) is 18.1 Å². The zero-order valence-corrected chi connectivity index (χ0v) is 11.1. The monoisotopic (exact) mass is 241 g/mol. The van der Waals surface area contributed by atoms with Crippen LogP contribution in [0, 0.1) is 0 Å². The van der Waals surface area contributed by atoms with Crippen LogP contribution in [-0.2, 0) is 10.8 Å². The fraction of sp³-hybridized carbons (Fsp3) is 0.538. The molecule has 0 aromatic rings. The number of rotatable bonds is 8. The van der Waals surface area contributed by atoms with Crippen molar-refractivity contribution in [3.8, 4) is 0 Å². The molecule has 0 fully saturated rings. The highest BCUT2D eigenvalue weighted by molar-refractivity contribution is 7.85. The van der Waals surface area contributed by atoms with Crippen LogP contribution in [0.3, 0.4) is 0 Å². The topological polar surface area (TPSA) is 43.1 Å². The molecule has 0 aromatic heterocycles. The number of nitrogens with two attached hydrogens (primary N) is 1. The van der Waals surface area contributed by atoms with Gasteiger partial charge in [0.2, 0.25) is 0 Å². The van der Waals surface area contributed by atoms with E-state index >= 15 is 0 Å². The highest BCUT2D eigenvalue weighted by atomic mass is 32.2. The van der Waals surface area contributed by atoms with E-state index in [1.54, 1.807) is 0 Å². The van der Waals surface area contributed by atoms with Gasteiger partial charge in [0.25, 0.3) is 0 Å². The summed E-state index contributed by atoms with van der Waals surface area (Å²) < 4.78 is 11.6. The second-order valence-corrected chi connectivity index (χ2v) is 5.13. The lowest BCUT2D eigenvalue weighted by Gasteiger charge is -1.98. The summed E-state index contributed by atoms with van der Waals surface area (Å²) >= 11 is 0. The van der Waals surface area contributed by atoms with Gasteiger partial charge in [0.15, 0.2) is 0 Å². The fourth-order valence-electron chi connectivity index (χ4n) is 1.17. The smallest absolute Gasteiger partial charge is 0.0424 e. The van der Waals surface area contributed by atoms with Crippen molar-refractivity contribution in [3.63, 3.8) is 0 Å². The van der Waals surface area contributed by atoms with Crippen molar-refractivity contribution >= 4 is 10.8 Å². The number of allylic oxidation sites excluding steroid dienone is 4. The predicted molar refractivity (Wildman–Crippen MR) is 73.9 cm³/mol. The van der Waals surface area contributed by atoms with Gasteiger partial charge in [0, 0.05) is 28.9 Å². The Bertz CT molecular complexity index is 280. The molecule has 16 heavy (non-hydrogen) atoms. The summed E-state index contributed by atoms with van der Waals surface area (Å²) in [4.78, 5) is 0. The summed E-state index contributed by atoms with van der Waals surface area (Å²) in [6.07, 6.45) is 12.0. The van der Waals surface area contributed by atoms with Crippen molar-refractivity contribution in [1.29, 1.82) is 0 Å². The maximum atomic E-state index is 11.6. The fourth-order valence-corrected chi connectivity index (χ4v) is 2.32. The first-order valence-electron chi connectivity index (χ1n) is 5.79. The lowest BCUT2D eigenvalue weighted by atomic mass is 10.2. The van der Waals surface area contributed by atoms with Gasteiger partial charge in [-0.05, 0) is 18.9 Å². The van der Waals surface area contributed by atoms with Crippen molar-refractivity contribution in [2.45, 2.75) is 26.7 Å². The predicted octanol–water partition coefficient (Wildman–Crippen LogP) is 2.55. The maximum absolute atomic E-state index is 11.6. The van der Waals surface area contributed by atoms with Gasteiger partial charge in [-0.2, -0.15) is 0 Å². The summed E-state index contributed by atoms with van der Waals surface area (Å²) in [5, 5.41) is 0. The molecular weight excluding hydrogens is 218 g/mol. The van der Waals surface area contributed by atoms with Crippen LogP contribution in [0.4, 0.5) is 0 Å². The van der Waals surface area contributed by atoms with Gasteiger partial charge < -0.3 is 5.73 Å². The Morgan fingerprint density at radius 2 is 2.12 bits per heavy atom. The largest absolute Gasteiger partial charge is 0.327 e. The van der Waals surface area contributed by atoms with Crippen LogP contribution in [0.2, 0.25) is 0 Å². The molecule has 1 atom stereocenters. The standard InChI is InChI=1S/C13H23NOS/c1-3-5-11-16(15)12-9-13(7-4-2)8-6-10-14/h4,6-9H,3,5,10-12,14H2,1-2H3/b7-4-,8-6+,13-9+. The molecule has 0 saturated heterocycles. The van der Waals surface area contributed by atoms with E-state index < -0.39 is 10.8 Å². The van der Waals surface area contributed by atoms with Crippen LogP contribution >= 0.6 is 0 Å². The SMILES string of the molecule is C\C=C/C(/C=C/CN)=C\CS(=O)CCCC. The van der Waals surface area contributed by atoms with Crippen LogP contribution in [0.1, 0.15) is 26.7 Å². The van der Waals surface area contributed by atoms with E-state index in [9.17, 15) is 4.21 Å². The van der Waals surface area contributed by atoms with Crippen LogP contribution in [0.25, 0.3) is 0 Å². The van der Waals surface area contributed by atoms with Gasteiger partial charge >= 0.3 is 0 Å². The van der Waals surface area contributed by atoms with E-state index in [0.29, 0.717) is 12.3 Å². The zero-order valence-electron chi connectivity index (χ0n) is 10.3. The minimum absolute atomic E-state index is 0.536. The zero-order chi connectivity index (χ0) is 12.2. The number of hydrogen-bond acceptors (Lipinski definition) is 2. The minimum atomic E-state index is -0.725. The van der Waals surface area contributed by atoms with Crippen LogP contribution in [0.5, 0.6) is 0 Å². The molecule has 0 amide bonds. The Morgan fingerprint density at radius 3 is 2.69 bits per heavy atom. The molecule has 0 rings (SSSR count). The summed E-state index contributed by atoms with van der Waals surface area (Å²) in [7, 11) is -0.725. The highest BCUT2D eigenvalue weighted by Gasteiger charge is 1.96. The lowest BCUT2D eigenvalue weighted by molar-refractivity contribution is 0.681. The lowest BCUT2D eigenvalue weighted by Crippen LogP contribution is -2.00. The van der Waals surface area contributed by atoms with Crippen LogP contribution in [-0.4, -0.2) is 22.3 Å². The average Bonchev–Trinajstić information content (AvgIpc) is 2.30. The third kappa shape index (κ3) is 8.62. The second kappa shape index (κ2) is 10.8. The Labute approximate surface area is 102 Å². The van der Waals surface area contributed by atoms with Gasteiger partial charge in [0.05, 0.1) is 0 Å². The Morgan fingerprint density at radius 1 is 1.38 bits per heavy atom. The molecule has 3 heteroatoms. The molecule has 0 spiro atoms. The summed E-state index contributed by atoms with van der Waals surface area (Å²) in [6, 6.07) is 0. The number of hydrogen-bond donors (Lipinski definition) is 1. The van der Waals surface area contributed by atoms with Crippen molar-refractivity contribution in [2.24, 2.45) is 5.73 Å². The molecule has 2 N–H and O–H groups in total. The normalized spacial score (nSPS) is 15.1. The van der Waals surface area contributed by atoms with E-state index in [2.05, 4.69) is 6.92 Å². The van der Waals surface area contributed by atoms with Gasteiger partial charge in [-0.3, -0.25) is 4.21 Å². The molecule has 0 heterocycles. The molecule has 2 nitrogen and oxygen atoms in total. The van der Waals surface area contributed by atoms with Crippen molar-refractivity contribution < 1.29 is 4.21 Å². The molecule has 0 radical (unpaired) electrons. The van der Waals surface area contributed by atoms with E-state index in [-0.39, 0.29) is 0 Å². The molecule has 0 aromatic carbocycles. The molecule has 0 bridgehead atoms. The third-order valence-corrected chi connectivity index (χ3v) is 3.32. The molecule has 0 aliphatic carbocycles. The maximum Gasteiger partial charge on any atom is 0.0424 e. The van der Waals surface area contributed by atoms with E-state index in [1.807, 2.05) is 37.3 Å². The molecular formula is C13H23NOS. The Hall–Kier alpha value is -0.670. The Balaban J connectivity index is 4.22. The first-order valence-corrected chi connectivity index (χ1v) is 7.27. The Kier molecular flexibility index (Phi) is 10.4. The van der Waals surface area contributed by atoms with Crippen molar-refractivity contribution in [3.05, 3.63) is 36.0 Å². The molecule has 1 unspecified atom stereocenters. The van der Waals surface area contributed by atoms with Crippen LogP contribution < -0.4 is 5.73 Å².